The van der Waals surface area contributed by atoms with Crippen molar-refractivity contribution in [2.24, 2.45) is 14.1 Å². The molecule has 0 atom stereocenters. The molecule has 0 bridgehead atoms. The molecule has 0 spiro atoms. The van der Waals surface area contributed by atoms with E-state index in [2.05, 4.69) is 30.7 Å². The van der Waals surface area contributed by atoms with E-state index in [0.717, 1.165) is 61.3 Å². The van der Waals surface area contributed by atoms with Gasteiger partial charge in [-0.15, -0.1) is 0 Å². The molecule has 0 aromatic carbocycles. The van der Waals surface area contributed by atoms with E-state index in [4.69, 9.17) is 0 Å². The molecule has 0 radical (unpaired) electrons. The summed E-state index contributed by atoms with van der Waals surface area (Å²) in [4.78, 5) is 40.2. The fourth-order valence-electron chi connectivity index (χ4n) is 4.00. The fourth-order valence-corrected chi connectivity index (χ4v) is 4.00. The van der Waals surface area contributed by atoms with Gasteiger partial charge in [0, 0.05) is 65.5 Å². The molecule has 2 aromatic rings. The van der Waals surface area contributed by atoms with Crippen LogP contribution in [-0.2, 0) is 14.1 Å². The van der Waals surface area contributed by atoms with Gasteiger partial charge in [0.15, 0.2) is 0 Å². The quantitative estimate of drug-likeness (QED) is 0.742. The van der Waals surface area contributed by atoms with Crippen LogP contribution in [-0.4, -0.2) is 58.4 Å². The van der Waals surface area contributed by atoms with E-state index in [1.807, 2.05) is 6.92 Å². The van der Waals surface area contributed by atoms with Gasteiger partial charge in [-0.05, 0) is 19.8 Å². The molecule has 9 heteroatoms. The summed E-state index contributed by atoms with van der Waals surface area (Å²) in [6.07, 6.45) is 2.43. The topological polar surface area (TPSA) is 79.5 Å². The van der Waals surface area contributed by atoms with Crippen molar-refractivity contribution in [1.29, 1.82) is 0 Å². The van der Waals surface area contributed by atoms with E-state index in [-0.39, 0.29) is 11.2 Å². The van der Waals surface area contributed by atoms with Crippen molar-refractivity contribution in [2.45, 2.75) is 19.8 Å². The molecule has 4 heterocycles. The number of nitrogens with zero attached hydrogens (tertiary/aromatic N) is 7. The standard InChI is InChI=1S/C19H27N7O2/c1-14-20-15(24-6-4-5-7-24)12-16(21-14)25-8-10-26(11-9-25)17-13-18(27)23(3)19(28)22(17)2/h12-13H,4-11H2,1-3H3. The van der Waals surface area contributed by atoms with E-state index >= 15 is 0 Å². The molecule has 2 aliphatic heterocycles. The van der Waals surface area contributed by atoms with Crippen molar-refractivity contribution in [2.75, 3.05) is 54.0 Å². The van der Waals surface area contributed by atoms with Crippen LogP contribution in [0.2, 0.25) is 0 Å². The lowest BCUT2D eigenvalue weighted by atomic mass is 10.3. The Hall–Kier alpha value is -2.84. The van der Waals surface area contributed by atoms with Gasteiger partial charge in [-0.3, -0.25) is 13.9 Å². The van der Waals surface area contributed by atoms with Crippen molar-refractivity contribution >= 4 is 17.5 Å². The molecule has 2 fully saturated rings. The fraction of sp³-hybridized carbons (Fsp3) is 0.579. The summed E-state index contributed by atoms with van der Waals surface area (Å²) >= 11 is 0. The van der Waals surface area contributed by atoms with Gasteiger partial charge in [0.05, 0.1) is 0 Å². The van der Waals surface area contributed by atoms with Gasteiger partial charge in [-0.25, -0.2) is 14.8 Å². The highest BCUT2D eigenvalue weighted by Gasteiger charge is 2.23. The van der Waals surface area contributed by atoms with Gasteiger partial charge in [0.2, 0.25) is 0 Å². The molecule has 2 saturated heterocycles. The smallest absolute Gasteiger partial charge is 0.332 e. The number of hydrogen-bond acceptors (Lipinski definition) is 7. The minimum absolute atomic E-state index is 0.276. The maximum atomic E-state index is 12.2. The SMILES string of the molecule is Cc1nc(N2CCCC2)cc(N2CCN(c3cc(=O)n(C)c(=O)n3C)CC2)n1. The molecule has 9 nitrogen and oxygen atoms in total. The summed E-state index contributed by atoms with van der Waals surface area (Å²) in [5, 5.41) is 0. The zero-order chi connectivity index (χ0) is 19.8. The summed E-state index contributed by atoms with van der Waals surface area (Å²) in [5.74, 6) is 3.42. The van der Waals surface area contributed by atoms with E-state index in [1.165, 1.54) is 30.5 Å². The maximum absolute atomic E-state index is 12.2. The lowest BCUT2D eigenvalue weighted by Gasteiger charge is -2.37. The number of hydrogen-bond donors (Lipinski definition) is 0. The van der Waals surface area contributed by atoms with Gasteiger partial charge >= 0.3 is 5.69 Å². The van der Waals surface area contributed by atoms with E-state index in [9.17, 15) is 9.59 Å². The first-order valence-electron chi connectivity index (χ1n) is 9.81. The number of aromatic nitrogens is 4. The lowest BCUT2D eigenvalue weighted by molar-refractivity contribution is 0.606. The Labute approximate surface area is 163 Å². The van der Waals surface area contributed by atoms with Gasteiger partial charge in [-0.1, -0.05) is 0 Å². The van der Waals surface area contributed by atoms with E-state index in [1.54, 1.807) is 7.05 Å². The molecule has 2 aliphatic rings. The second-order valence-electron chi connectivity index (χ2n) is 7.54. The minimum atomic E-state index is -0.299. The van der Waals surface area contributed by atoms with Crippen LogP contribution in [0, 0.1) is 6.92 Å². The predicted molar refractivity (Wildman–Crippen MR) is 110 cm³/mol. The Morgan fingerprint density at radius 3 is 1.89 bits per heavy atom. The number of piperazine rings is 1. The van der Waals surface area contributed by atoms with Gasteiger partial charge in [0.25, 0.3) is 5.56 Å². The number of aryl methyl sites for hydroxylation is 1. The summed E-state index contributed by atoms with van der Waals surface area (Å²) in [5.41, 5.74) is -0.575. The first-order chi connectivity index (χ1) is 13.4. The molecule has 0 N–H and O–H groups in total. The zero-order valence-corrected chi connectivity index (χ0v) is 16.8. The molecular weight excluding hydrogens is 358 g/mol. The molecule has 2 aromatic heterocycles. The highest BCUT2D eigenvalue weighted by Crippen LogP contribution is 2.24. The highest BCUT2D eigenvalue weighted by atomic mass is 16.2. The van der Waals surface area contributed by atoms with Crippen LogP contribution < -0.4 is 25.9 Å². The highest BCUT2D eigenvalue weighted by molar-refractivity contribution is 5.53. The zero-order valence-electron chi connectivity index (χ0n) is 16.8. The average molecular weight is 385 g/mol. The van der Waals surface area contributed by atoms with Crippen LogP contribution in [0.5, 0.6) is 0 Å². The second kappa shape index (κ2) is 7.29. The lowest BCUT2D eigenvalue weighted by Crippen LogP contribution is -2.49. The van der Waals surface area contributed by atoms with E-state index < -0.39 is 0 Å². The average Bonchev–Trinajstić information content (AvgIpc) is 3.24. The van der Waals surface area contributed by atoms with Crippen molar-refractivity contribution < 1.29 is 0 Å². The third-order valence-corrected chi connectivity index (χ3v) is 5.67. The van der Waals surface area contributed by atoms with Crippen LogP contribution >= 0.6 is 0 Å². The Balaban J connectivity index is 1.52. The molecule has 150 valence electrons. The molecule has 0 saturated carbocycles. The molecule has 4 rings (SSSR count). The Morgan fingerprint density at radius 1 is 0.750 bits per heavy atom. The molecule has 28 heavy (non-hydrogen) atoms. The predicted octanol–water partition coefficient (Wildman–Crippen LogP) is 0.109. The maximum Gasteiger partial charge on any atom is 0.332 e. The summed E-state index contributed by atoms with van der Waals surface area (Å²) in [6.45, 7) is 7.06. The number of rotatable bonds is 3. The van der Waals surface area contributed by atoms with Crippen molar-refractivity contribution in [3.63, 3.8) is 0 Å². The largest absolute Gasteiger partial charge is 0.356 e. The van der Waals surface area contributed by atoms with Crippen molar-refractivity contribution in [1.82, 2.24) is 19.1 Å². The second-order valence-corrected chi connectivity index (χ2v) is 7.54. The summed E-state index contributed by atoms with van der Waals surface area (Å²) < 4.78 is 2.67. The third kappa shape index (κ3) is 3.36. The summed E-state index contributed by atoms with van der Waals surface area (Å²) in [7, 11) is 3.21. The van der Waals surface area contributed by atoms with Gasteiger partial charge in [-0.2, -0.15) is 0 Å². The molecule has 0 amide bonds. The Kier molecular flexibility index (Phi) is 4.82. The van der Waals surface area contributed by atoms with Crippen molar-refractivity contribution in [3.05, 3.63) is 38.8 Å². The van der Waals surface area contributed by atoms with Crippen LogP contribution in [0.15, 0.2) is 21.7 Å². The monoisotopic (exact) mass is 385 g/mol. The summed E-state index contributed by atoms with van der Waals surface area (Å²) in [6, 6.07) is 3.62. The minimum Gasteiger partial charge on any atom is -0.356 e. The van der Waals surface area contributed by atoms with E-state index in [0.29, 0.717) is 5.82 Å². The van der Waals surface area contributed by atoms with Crippen molar-refractivity contribution in [3.8, 4) is 0 Å². The van der Waals surface area contributed by atoms with Gasteiger partial charge < -0.3 is 14.7 Å². The van der Waals surface area contributed by atoms with Crippen LogP contribution in [0.1, 0.15) is 18.7 Å². The molecule has 0 aliphatic carbocycles. The number of anilines is 3. The van der Waals surface area contributed by atoms with Crippen LogP contribution in [0.25, 0.3) is 0 Å². The van der Waals surface area contributed by atoms with Crippen LogP contribution in [0.4, 0.5) is 17.5 Å². The first-order valence-corrected chi connectivity index (χ1v) is 9.81. The van der Waals surface area contributed by atoms with Gasteiger partial charge in [0.1, 0.15) is 23.3 Å². The Bertz CT molecular complexity index is 983. The Morgan fingerprint density at radius 2 is 1.29 bits per heavy atom. The normalized spacial score (nSPS) is 17.5. The van der Waals surface area contributed by atoms with Crippen LogP contribution in [0.3, 0.4) is 0 Å². The molecule has 0 unspecified atom stereocenters. The first kappa shape index (κ1) is 18.5. The third-order valence-electron chi connectivity index (χ3n) is 5.67. The molecular formula is C19H27N7O2.